The molecule has 1 fully saturated rings. The monoisotopic (exact) mass is 258 g/mol. The number of urea groups is 1. The third-order valence-electron chi connectivity index (χ3n) is 3.40. The Morgan fingerprint density at radius 3 is 2.39 bits per heavy atom. The van der Waals surface area contributed by atoms with Gasteiger partial charge in [0.15, 0.2) is 0 Å². The molecule has 6 nitrogen and oxygen atoms in total. The van der Waals surface area contributed by atoms with Crippen molar-refractivity contribution in [1.82, 2.24) is 9.80 Å². The van der Waals surface area contributed by atoms with E-state index in [1.165, 1.54) is 4.90 Å². The first kappa shape index (κ1) is 14.8. The molecule has 1 aliphatic rings. The number of rotatable bonds is 6. The van der Waals surface area contributed by atoms with Crippen molar-refractivity contribution in [3.05, 3.63) is 0 Å². The lowest BCUT2D eigenvalue weighted by Crippen LogP contribution is -2.51. The van der Waals surface area contributed by atoms with Crippen LogP contribution in [0.3, 0.4) is 0 Å². The van der Waals surface area contributed by atoms with Gasteiger partial charge in [0.25, 0.3) is 0 Å². The number of nitrogens with zero attached hydrogens (tertiary/aromatic N) is 2. The van der Waals surface area contributed by atoms with Crippen molar-refractivity contribution >= 4 is 12.0 Å². The van der Waals surface area contributed by atoms with E-state index in [-0.39, 0.29) is 25.2 Å². The van der Waals surface area contributed by atoms with Gasteiger partial charge < -0.3 is 20.0 Å². The molecule has 18 heavy (non-hydrogen) atoms. The largest absolute Gasteiger partial charge is 0.481 e. The highest BCUT2D eigenvalue weighted by Gasteiger charge is 2.30. The zero-order valence-corrected chi connectivity index (χ0v) is 11.0. The fraction of sp³-hybridized carbons (Fsp3) is 0.833. The van der Waals surface area contributed by atoms with Crippen molar-refractivity contribution in [1.29, 1.82) is 0 Å². The Bertz CT molecular complexity index is 304. The van der Waals surface area contributed by atoms with Gasteiger partial charge in [-0.15, -0.1) is 0 Å². The van der Waals surface area contributed by atoms with Crippen molar-refractivity contribution in [3.8, 4) is 0 Å². The van der Waals surface area contributed by atoms with Gasteiger partial charge in [-0.05, 0) is 19.3 Å². The van der Waals surface area contributed by atoms with Crippen molar-refractivity contribution < 1.29 is 19.8 Å². The van der Waals surface area contributed by atoms with Gasteiger partial charge in [-0.3, -0.25) is 4.79 Å². The minimum absolute atomic E-state index is 0.0649. The van der Waals surface area contributed by atoms with Crippen LogP contribution in [0.25, 0.3) is 0 Å². The Labute approximate surface area is 107 Å². The van der Waals surface area contributed by atoms with Crippen LogP contribution in [0.5, 0.6) is 0 Å². The zero-order valence-electron chi connectivity index (χ0n) is 11.0. The van der Waals surface area contributed by atoms with Crippen molar-refractivity contribution in [2.75, 3.05) is 26.7 Å². The van der Waals surface area contributed by atoms with Gasteiger partial charge in [0, 0.05) is 26.2 Å². The Morgan fingerprint density at radius 2 is 2.00 bits per heavy atom. The Kier molecular flexibility index (Phi) is 5.40. The molecule has 2 N–H and O–H groups in total. The summed E-state index contributed by atoms with van der Waals surface area (Å²) in [5, 5.41) is 17.8. The number of carbonyl (C=O) groups excluding carboxylic acids is 1. The molecule has 0 radical (unpaired) electrons. The Morgan fingerprint density at radius 1 is 1.39 bits per heavy atom. The van der Waals surface area contributed by atoms with E-state index in [0.29, 0.717) is 6.54 Å². The van der Waals surface area contributed by atoms with Crippen molar-refractivity contribution in [2.45, 2.75) is 32.2 Å². The van der Waals surface area contributed by atoms with Gasteiger partial charge in [0.05, 0.1) is 12.5 Å². The lowest BCUT2D eigenvalue weighted by molar-refractivity contribution is -0.141. The lowest BCUT2D eigenvalue weighted by atomic mass is 9.91. The standard InChI is InChI=1S/C12H22N2O4/c1-9(11(16)17)8-13(2)12(18)14(6-7-15)10-4-3-5-10/h9-10,15H,3-8H2,1-2H3,(H,16,17). The Hall–Kier alpha value is -1.30. The highest BCUT2D eigenvalue weighted by Crippen LogP contribution is 2.25. The SMILES string of the molecule is CC(CN(C)C(=O)N(CCO)C1CCC1)C(=O)O. The normalized spacial score (nSPS) is 16.8. The second-order valence-electron chi connectivity index (χ2n) is 4.90. The summed E-state index contributed by atoms with van der Waals surface area (Å²) in [6, 6.07) is 0.00841. The number of amides is 2. The molecule has 1 saturated carbocycles. The fourth-order valence-electron chi connectivity index (χ4n) is 2.03. The summed E-state index contributed by atoms with van der Waals surface area (Å²) in [6.45, 7) is 2.01. The molecule has 0 spiro atoms. The molecule has 0 aromatic rings. The lowest BCUT2D eigenvalue weighted by Gasteiger charge is -2.39. The molecule has 1 rings (SSSR count). The predicted octanol–water partition coefficient (Wildman–Crippen LogP) is 0.606. The topological polar surface area (TPSA) is 81.1 Å². The van der Waals surface area contributed by atoms with Gasteiger partial charge in [-0.2, -0.15) is 0 Å². The molecule has 0 bridgehead atoms. The molecule has 0 aromatic heterocycles. The highest BCUT2D eigenvalue weighted by molar-refractivity contribution is 5.76. The van der Waals surface area contributed by atoms with Gasteiger partial charge in [-0.25, -0.2) is 4.79 Å². The summed E-state index contributed by atoms with van der Waals surface area (Å²) in [4.78, 5) is 26.0. The molecule has 0 heterocycles. The maximum Gasteiger partial charge on any atom is 0.320 e. The van der Waals surface area contributed by atoms with Crippen molar-refractivity contribution in [2.24, 2.45) is 5.92 Å². The molecule has 0 aromatic carbocycles. The number of carboxylic acid groups (broad SMARTS) is 1. The molecule has 0 saturated heterocycles. The van der Waals surface area contributed by atoms with E-state index in [0.717, 1.165) is 19.3 Å². The first-order valence-corrected chi connectivity index (χ1v) is 6.32. The first-order valence-electron chi connectivity index (χ1n) is 6.32. The van der Waals surface area contributed by atoms with Crippen LogP contribution in [0.15, 0.2) is 0 Å². The number of aliphatic carboxylic acids is 1. The third-order valence-corrected chi connectivity index (χ3v) is 3.40. The smallest absolute Gasteiger partial charge is 0.320 e. The van der Waals surface area contributed by atoms with Gasteiger partial charge >= 0.3 is 12.0 Å². The molecule has 1 atom stereocenters. The highest BCUT2D eigenvalue weighted by atomic mass is 16.4. The van der Waals surface area contributed by atoms with Crippen LogP contribution < -0.4 is 0 Å². The van der Waals surface area contributed by atoms with Gasteiger partial charge in [0.2, 0.25) is 0 Å². The summed E-state index contributed by atoms with van der Waals surface area (Å²) in [6.07, 6.45) is 3.04. The predicted molar refractivity (Wildman–Crippen MR) is 66.3 cm³/mol. The van der Waals surface area contributed by atoms with E-state index in [4.69, 9.17) is 10.2 Å². The summed E-state index contributed by atoms with van der Waals surface area (Å²) in [5.41, 5.74) is 0. The Balaban J connectivity index is 2.55. The molecule has 2 amide bonds. The quantitative estimate of drug-likeness (QED) is 0.731. The van der Waals surface area contributed by atoms with Crippen LogP contribution in [0, 0.1) is 5.92 Å². The molecule has 0 aliphatic heterocycles. The van der Waals surface area contributed by atoms with E-state index >= 15 is 0 Å². The van der Waals surface area contributed by atoms with Crippen LogP contribution >= 0.6 is 0 Å². The second-order valence-corrected chi connectivity index (χ2v) is 4.90. The average Bonchev–Trinajstić information content (AvgIpc) is 2.24. The molecule has 1 aliphatic carbocycles. The van der Waals surface area contributed by atoms with E-state index in [2.05, 4.69) is 0 Å². The van der Waals surface area contributed by atoms with E-state index < -0.39 is 11.9 Å². The van der Waals surface area contributed by atoms with E-state index in [1.807, 2.05) is 0 Å². The average molecular weight is 258 g/mol. The summed E-state index contributed by atoms with van der Waals surface area (Å²) < 4.78 is 0. The third kappa shape index (κ3) is 3.60. The van der Waals surface area contributed by atoms with Crippen LogP contribution in [-0.2, 0) is 4.79 Å². The van der Waals surface area contributed by atoms with Crippen LogP contribution in [0.1, 0.15) is 26.2 Å². The second kappa shape index (κ2) is 6.58. The number of hydrogen-bond donors (Lipinski definition) is 2. The van der Waals surface area contributed by atoms with E-state index in [9.17, 15) is 9.59 Å². The number of aliphatic hydroxyl groups is 1. The maximum absolute atomic E-state index is 12.2. The molecular formula is C12H22N2O4. The van der Waals surface area contributed by atoms with Crippen molar-refractivity contribution in [3.63, 3.8) is 0 Å². The zero-order chi connectivity index (χ0) is 13.7. The molecular weight excluding hydrogens is 236 g/mol. The van der Waals surface area contributed by atoms with Gasteiger partial charge in [-0.1, -0.05) is 6.92 Å². The minimum atomic E-state index is -0.910. The summed E-state index contributed by atoms with van der Waals surface area (Å²) >= 11 is 0. The number of carbonyl (C=O) groups is 2. The van der Waals surface area contributed by atoms with Gasteiger partial charge in [0.1, 0.15) is 0 Å². The first-order chi connectivity index (χ1) is 8.47. The van der Waals surface area contributed by atoms with E-state index in [1.54, 1.807) is 18.9 Å². The van der Waals surface area contributed by atoms with Crippen LogP contribution in [0.4, 0.5) is 4.79 Å². The number of carboxylic acids is 1. The van der Waals surface area contributed by atoms with Crippen LogP contribution in [-0.4, -0.2) is 64.8 Å². The molecule has 1 unspecified atom stereocenters. The fourth-order valence-corrected chi connectivity index (χ4v) is 2.03. The van der Waals surface area contributed by atoms with Crippen LogP contribution in [0.2, 0.25) is 0 Å². The minimum Gasteiger partial charge on any atom is -0.481 e. The number of aliphatic hydroxyl groups excluding tert-OH is 1. The maximum atomic E-state index is 12.2. The summed E-state index contributed by atoms with van der Waals surface area (Å²) in [5.74, 6) is -1.50. The summed E-state index contributed by atoms with van der Waals surface area (Å²) in [7, 11) is 1.60. The molecule has 6 heteroatoms. The molecule has 104 valence electrons. The number of hydrogen-bond acceptors (Lipinski definition) is 3.